The topological polar surface area (TPSA) is 67.4 Å². The molecule has 0 unspecified atom stereocenters. The zero-order valence-corrected chi connectivity index (χ0v) is 10.7. The van der Waals surface area contributed by atoms with Gasteiger partial charge in [-0.15, -0.1) is 0 Å². The average molecular weight is 250 g/mol. The van der Waals surface area contributed by atoms with E-state index in [1.807, 2.05) is 0 Å². The molecule has 1 aromatic carbocycles. The zero-order valence-electron chi connectivity index (χ0n) is 10.7. The first-order chi connectivity index (χ1) is 8.67. The predicted octanol–water partition coefficient (Wildman–Crippen LogP) is 0.951. The molecule has 2 amide bonds. The summed E-state index contributed by atoms with van der Waals surface area (Å²) in [6.07, 6.45) is 0.448. The number of hydrogen-bond acceptors (Lipinski definition) is 3. The second kappa shape index (κ2) is 7.32. The Hall–Kier alpha value is -2.04. The molecule has 0 aromatic heterocycles. The molecule has 0 bridgehead atoms. The molecular weight excluding hydrogens is 232 g/mol. The van der Waals surface area contributed by atoms with E-state index in [0.29, 0.717) is 30.8 Å². The van der Waals surface area contributed by atoms with Gasteiger partial charge in [-0.05, 0) is 18.2 Å². The van der Waals surface area contributed by atoms with Gasteiger partial charge < -0.3 is 15.4 Å². The molecule has 0 saturated heterocycles. The summed E-state index contributed by atoms with van der Waals surface area (Å²) in [7, 11) is 1.55. The molecule has 18 heavy (non-hydrogen) atoms. The van der Waals surface area contributed by atoms with E-state index in [1.54, 1.807) is 38.3 Å². The number of nitrogens with one attached hydrogen (secondary N) is 2. The highest BCUT2D eigenvalue weighted by molar-refractivity contribution is 5.94. The van der Waals surface area contributed by atoms with E-state index in [2.05, 4.69) is 10.6 Å². The van der Waals surface area contributed by atoms with Crippen molar-refractivity contribution in [1.29, 1.82) is 0 Å². The summed E-state index contributed by atoms with van der Waals surface area (Å²) in [4.78, 5) is 22.7. The van der Waals surface area contributed by atoms with Crippen LogP contribution < -0.4 is 15.4 Å². The molecule has 1 rings (SSSR count). The molecule has 5 heteroatoms. The van der Waals surface area contributed by atoms with Gasteiger partial charge in [0.25, 0.3) is 5.91 Å². The fourth-order valence-corrected chi connectivity index (χ4v) is 1.37. The van der Waals surface area contributed by atoms with Gasteiger partial charge in [0.15, 0.2) is 0 Å². The van der Waals surface area contributed by atoms with Crippen molar-refractivity contribution in [3.05, 3.63) is 29.8 Å². The highest BCUT2D eigenvalue weighted by Gasteiger charge is 2.05. The maximum atomic E-state index is 11.7. The summed E-state index contributed by atoms with van der Waals surface area (Å²) < 4.78 is 5.04. The Morgan fingerprint density at radius 1 is 1.22 bits per heavy atom. The second-order valence-corrected chi connectivity index (χ2v) is 3.69. The van der Waals surface area contributed by atoms with Crippen LogP contribution in [0.5, 0.6) is 5.75 Å². The van der Waals surface area contributed by atoms with Crippen molar-refractivity contribution in [2.75, 3.05) is 20.2 Å². The van der Waals surface area contributed by atoms with Gasteiger partial charge in [-0.3, -0.25) is 9.59 Å². The van der Waals surface area contributed by atoms with E-state index in [9.17, 15) is 9.59 Å². The van der Waals surface area contributed by atoms with Gasteiger partial charge in [-0.2, -0.15) is 0 Å². The third-order valence-electron chi connectivity index (χ3n) is 2.39. The van der Waals surface area contributed by atoms with Gasteiger partial charge in [0.1, 0.15) is 5.75 Å². The molecule has 5 nitrogen and oxygen atoms in total. The van der Waals surface area contributed by atoms with Crippen LogP contribution in [0.1, 0.15) is 23.7 Å². The number of amides is 2. The van der Waals surface area contributed by atoms with Crippen molar-refractivity contribution >= 4 is 11.8 Å². The van der Waals surface area contributed by atoms with Crippen LogP contribution in [-0.2, 0) is 4.79 Å². The fraction of sp³-hybridized carbons (Fsp3) is 0.385. The van der Waals surface area contributed by atoms with Gasteiger partial charge in [-0.1, -0.05) is 13.0 Å². The van der Waals surface area contributed by atoms with Gasteiger partial charge in [0.2, 0.25) is 5.91 Å². The van der Waals surface area contributed by atoms with E-state index < -0.39 is 0 Å². The molecule has 0 aliphatic rings. The Labute approximate surface area is 107 Å². The number of benzene rings is 1. The molecule has 98 valence electrons. The molecule has 1 aromatic rings. The minimum Gasteiger partial charge on any atom is -0.497 e. The van der Waals surface area contributed by atoms with Crippen molar-refractivity contribution in [2.45, 2.75) is 13.3 Å². The Morgan fingerprint density at radius 2 is 1.94 bits per heavy atom. The summed E-state index contributed by atoms with van der Waals surface area (Å²) in [6.45, 7) is 2.62. The third kappa shape index (κ3) is 4.45. The number of methoxy groups -OCH3 is 1. The standard InChI is InChI=1S/C13H18N2O3/c1-3-12(16)14-7-8-15-13(17)10-5-4-6-11(9-10)18-2/h4-6,9H,3,7-8H2,1-2H3,(H,14,16)(H,15,17). The lowest BCUT2D eigenvalue weighted by molar-refractivity contribution is -0.120. The fourth-order valence-electron chi connectivity index (χ4n) is 1.37. The van der Waals surface area contributed by atoms with Gasteiger partial charge in [0, 0.05) is 25.1 Å². The van der Waals surface area contributed by atoms with E-state index in [-0.39, 0.29) is 11.8 Å². The van der Waals surface area contributed by atoms with Crippen LogP contribution in [-0.4, -0.2) is 32.0 Å². The molecular formula is C13H18N2O3. The molecule has 0 spiro atoms. The Balaban J connectivity index is 2.38. The van der Waals surface area contributed by atoms with Crippen LogP contribution in [0, 0.1) is 0 Å². The average Bonchev–Trinajstić information content (AvgIpc) is 2.43. The molecule has 0 atom stereocenters. The first-order valence-corrected chi connectivity index (χ1v) is 5.86. The van der Waals surface area contributed by atoms with Crippen molar-refractivity contribution in [3.63, 3.8) is 0 Å². The number of hydrogen-bond donors (Lipinski definition) is 2. The van der Waals surface area contributed by atoms with Crippen LogP contribution in [0.25, 0.3) is 0 Å². The SMILES string of the molecule is CCC(=O)NCCNC(=O)c1cccc(OC)c1. The highest BCUT2D eigenvalue weighted by atomic mass is 16.5. The van der Waals surface area contributed by atoms with E-state index in [0.717, 1.165) is 0 Å². The van der Waals surface area contributed by atoms with Crippen molar-refractivity contribution in [3.8, 4) is 5.75 Å². The van der Waals surface area contributed by atoms with E-state index in [4.69, 9.17) is 4.74 Å². The van der Waals surface area contributed by atoms with Gasteiger partial charge in [0.05, 0.1) is 7.11 Å². The zero-order chi connectivity index (χ0) is 13.4. The minimum absolute atomic E-state index is 0.0226. The summed E-state index contributed by atoms with van der Waals surface area (Å²) in [5.41, 5.74) is 0.538. The van der Waals surface area contributed by atoms with Crippen LogP contribution in [0.2, 0.25) is 0 Å². The molecule has 0 radical (unpaired) electrons. The summed E-state index contributed by atoms with van der Waals surface area (Å²) in [5, 5.41) is 5.40. The van der Waals surface area contributed by atoms with Crippen LogP contribution in [0.15, 0.2) is 24.3 Å². The summed E-state index contributed by atoms with van der Waals surface area (Å²) >= 11 is 0. The maximum absolute atomic E-state index is 11.7. The molecule has 0 aliphatic heterocycles. The maximum Gasteiger partial charge on any atom is 0.251 e. The molecule has 2 N–H and O–H groups in total. The Kier molecular flexibility index (Phi) is 5.70. The van der Waals surface area contributed by atoms with Crippen molar-refractivity contribution in [2.24, 2.45) is 0 Å². The summed E-state index contributed by atoms with van der Waals surface area (Å²) in [6, 6.07) is 6.91. The first kappa shape index (κ1) is 14.0. The second-order valence-electron chi connectivity index (χ2n) is 3.69. The van der Waals surface area contributed by atoms with Crippen LogP contribution in [0.3, 0.4) is 0 Å². The molecule has 0 fully saturated rings. The highest BCUT2D eigenvalue weighted by Crippen LogP contribution is 2.11. The molecule has 0 heterocycles. The molecule has 0 aliphatic carbocycles. The lowest BCUT2D eigenvalue weighted by Gasteiger charge is -2.07. The van der Waals surface area contributed by atoms with Crippen molar-refractivity contribution < 1.29 is 14.3 Å². The number of ether oxygens (including phenoxy) is 1. The predicted molar refractivity (Wildman–Crippen MR) is 68.6 cm³/mol. The monoisotopic (exact) mass is 250 g/mol. The third-order valence-corrected chi connectivity index (χ3v) is 2.39. The lowest BCUT2D eigenvalue weighted by atomic mass is 10.2. The smallest absolute Gasteiger partial charge is 0.251 e. The summed E-state index contributed by atoms with van der Waals surface area (Å²) in [5.74, 6) is 0.437. The minimum atomic E-state index is -0.181. The van der Waals surface area contributed by atoms with Gasteiger partial charge in [-0.25, -0.2) is 0 Å². The first-order valence-electron chi connectivity index (χ1n) is 5.86. The van der Waals surface area contributed by atoms with E-state index >= 15 is 0 Å². The largest absolute Gasteiger partial charge is 0.497 e. The van der Waals surface area contributed by atoms with Gasteiger partial charge >= 0.3 is 0 Å². The number of rotatable bonds is 6. The normalized spacial score (nSPS) is 9.67. The Morgan fingerprint density at radius 3 is 2.61 bits per heavy atom. The number of carbonyl (C=O) groups is 2. The van der Waals surface area contributed by atoms with Crippen molar-refractivity contribution in [1.82, 2.24) is 10.6 Å². The molecule has 0 saturated carbocycles. The van der Waals surface area contributed by atoms with E-state index in [1.165, 1.54) is 0 Å². The lowest BCUT2D eigenvalue weighted by Crippen LogP contribution is -2.34. The quantitative estimate of drug-likeness (QED) is 0.739. The van der Waals surface area contributed by atoms with Crippen LogP contribution >= 0.6 is 0 Å². The van der Waals surface area contributed by atoms with Crippen LogP contribution in [0.4, 0.5) is 0 Å². The number of carbonyl (C=O) groups excluding carboxylic acids is 2. The Bertz CT molecular complexity index is 418.